The first kappa shape index (κ1) is 13.3. The largest absolute Gasteiger partial charge is 0.481 e. The molecule has 0 radical (unpaired) electrons. The number of carboxylic acid groups (broad SMARTS) is 1. The summed E-state index contributed by atoms with van der Waals surface area (Å²) in [6, 6.07) is 0.0319. The molecule has 3 N–H and O–H groups in total. The molecule has 1 unspecified atom stereocenters. The van der Waals surface area contributed by atoms with Crippen molar-refractivity contribution in [3.8, 4) is 0 Å². The molecule has 1 amide bonds. The Morgan fingerprint density at radius 1 is 1.44 bits per heavy atom. The molecule has 5 nitrogen and oxygen atoms in total. The van der Waals surface area contributed by atoms with E-state index in [4.69, 9.17) is 5.11 Å². The molecule has 5 heteroatoms. The number of carbonyl (C=O) groups is 2. The van der Waals surface area contributed by atoms with Gasteiger partial charge in [-0.1, -0.05) is 6.92 Å². The molecule has 2 fully saturated rings. The molecule has 1 saturated carbocycles. The van der Waals surface area contributed by atoms with Gasteiger partial charge in [-0.15, -0.1) is 0 Å². The average molecular weight is 254 g/mol. The van der Waals surface area contributed by atoms with Gasteiger partial charge in [0, 0.05) is 6.04 Å². The van der Waals surface area contributed by atoms with Crippen molar-refractivity contribution in [2.24, 2.45) is 5.92 Å². The van der Waals surface area contributed by atoms with Crippen LogP contribution in [0.3, 0.4) is 0 Å². The number of carbonyl (C=O) groups excluding carboxylic acids is 1. The van der Waals surface area contributed by atoms with E-state index in [-0.39, 0.29) is 17.9 Å². The third kappa shape index (κ3) is 2.51. The number of rotatable bonds is 4. The van der Waals surface area contributed by atoms with Crippen molar-refractivity contribution < 1.29 is 14.7 Å². The molecule has 0 spiro atoms. The Morgan fingerprint density at radius 2 is 2.22 bits per heavy atom. The third-order valence-electron chi connectivity index (χ3n) is 4.40. The summed E-state index contributed by atoms with van der Waals surface area (Å²) in [5.41, 5.74) is -0.415. The van der Waals surface area contributed by atoms with Gasteiger partial charge in [-0.05, 0) is 45.1 Å². The standard InChI is InChI=1S/C13H22N2O3/c1-2-13(6-3-7-14-13)12(18)15-10-5-4-9(8-10)11(16)17/h9-10,14H,2-8H2,1H3,(H,15,18)(H,16,17)/t9-,10+,13?/m1/s1. The van der Waals surface area contributed by atoms with Gasteiger partial charge in [0.05, 0.1) is 11.5 Å². The Kier molecular flexibility index (Phi) is 3.90. The lowest BCUT2D eigenvalue weighted by atomic mass is 9.92. The Hall–Kier alpha value is -1.10. The van der Waals surface area contributed by atoms with E-state index in [0.717, 1.165) is 32.2 Å². The monoisotopic (exact) mass is 254 g/mol. The molecule has 1 aliphatic heterocycles. The van der Waals surface area contributed by atoms with Crippen LogP contribution in [-0.2, 0) is 9.59 Å². The summed E-state index contributed by atoms with van der Waals surface area (Å²) in [4.78, 5) is 23.2. The Balaban J connectivity index is 1.90. The molecular weight excluding hydrogens is 232 g/mol. The second-order valence-electron chi connectivity index (χ2n) is 5.48. The molecule has 2 aliphatic rings. The number of hydrogen-bond acceptors (Lipinski definition) is 3. The van der Waals surface area contributed by atoms with Gasteiger partial charge in [-0.3, -0.25) is 9.59 Å². The van der Waals surface area contributed by atoms with Crippen molar-refractivity contribution in [3.63, 3.8) is 0 Å². The zero-order valence-electron chi connectivity index (χ0n) is 10.9. The minimum Gasteiger partial charge on any atom is -0.481 e. The Bertz CT molecular complexity index is 337. The van der Waals surface area contributed by atoms with E-state index < -0.39 is 11.5 Å². The lowest BCUT2D eigenvalue weighted by Crippen LogP contribution is -2.55. The van der Waals surface area contributed by atoms with Gasteiger partial charge < -0.3 is 15.7 Å². The van der Waals surface area contributed by atoms with E-state index in [2.05, 4.69) is 10.6 Å². The number of hydrogen-bond donors (Lipinski definition) is 3. The van der Waals surface area contributed by atoms with Gasteiger partial charge in [-0.25, -0.2) is 0 Å². The SMILES string of the molecule is CCC1(C(=O)N[C@H]2CC[C@@H](C(=O)O)C2)CCCN1. The molecule has 0 aromatic rings. The van der Waals surface area contributed by atoms with Crippen molar-refractivity contribution >= 4 is 11.9 Å². The minimum absolute atomic E-state index is 0.0319. The fourth-order valence-corrected chi connectivity index (χ4v) is 3.12. The zero-order chi connectivity index (χ0) is 13.2. The highest BCUT2D eigenvalue weighted by Gasteiger charge is 2.41. The maximum Gasteiger partial charge on any atom is 0.306 e. The first-order chi connectivity index (χ1) is 8.57. The summed E-state index contributed by atoms with van der Waals surface area (Å²) in [5, 5.41) is 15.3. The van der Waals surface area contributed by atoms with Crippen molar-refractivity contribution in [1.82, 2.24) is 10.6 Å². The zero-order valence-corrected chi connectivity index (χ0v) is 10.9. The molecular formula is C13H22N2O3. The van der Waals surface area contributed by atoms with Crippen LogP contribution < -0.4 is 10.6 Å². The quantitative estimate of drug-likeness (QED) is 0.696. The number of amides is 1. The van der Waals surface area contributed by atoms with Crippen LogP contribution in [0.5, 0.6) is 0 Å². The van der Waals surface area contributed by atoms with E-state index in [1.807, 2.05) is 6.92 Å². The van der Waals surface area contributed by atoms with Gasteiger partial charge in [-0.2, -0.15) is 0 Å². The lowest BCUT2D eigenvalue weighted by Gasteiger charge is -2.28. The van der Waals surface area contributed by atoms with Crippen LogP contribution in [0, 0.1) is 5.92 Å². The van der Waals surface area contributed by atoms with Gasteiger partial charge in [0.25, 0.3) is 0 Å². The Labute approximate surface area is 107 Å². The predicted molar refractivity (Wildman–Crippen MR) is 67.2 cm³/mol. The van der Waals surface area contributed by atoms with Crippen LogP contribution in [0.4, 0.5) is 0 Å². The number of carboxylic acids is 1. The molecule has 0 bridgehead atoms. The summed E-state index contributed by atoms with van der Waals surface area (Å²) in [7, 11) is 0. The summed E-state index contributed by atoms with van der Waals surface area (Å²) in [5.74, 6) is -0.973. The maximum atomic E-state index is 12.3. The molecule has 0 aromatic heterocycles. The van der Waals surface area contributed by atoms with Crippen LogP contribution in [0.15, 0.2) is 0 Å². The van der Waals surface area contributed by atoms with Crippen LogP contribution in [-0.4, -0.2) is 35.1 Å². The van der Waals surface area contributed by atoms with Gasteiger partial charge in [0.15, 0.2) is 0 Å². The summed E-state index contributed by atoms with van der Waals surface area (Å²) < 4.78 is 0. The van der Waals surface area contributed by atoms with Crippen molar-refractivity contribution in [1.29, 1.82) is 0 Å². The first-order valence-corrected chi connectivity index (χ1v) is 6.86. The third-order valence-corrected chi connectivity index (χ3v) is 4.40. The van der Waals surface area contributed by atoms with Crippen molar-refractivity contribution in [2.45, 2.75) is 57.0 Å². The topological polar surface area (TPSA) is 78.4 Å². The molecule has 1 heterocycles. The Morgan fingerprint density at radius 3 is 2.72 bits per heavy atom. The van der Waals surface area contributed by atoms with Crippen molar-refractivity contribution in [2.75, 3.05) is 6.54 Å². The van der Waals surface area contributed by atoms with Crippen LogP contribution in [0.2, 0.25) is 0 Å². The first-order valence-electron chi connectivity index (χ1n) is 6.86. The highest BCUT2D eigenvalue weighted by atomic mass is 16.4. The fraction of sp³-hybridized carbons (Fsp3) is 0.846. The normalized spacial score (nSPS) is 35.6. The molecule has 1 saturated heterocycles. The minimum atomic E-state index is -0.740. The van der Waals surface area contributed by atoms with E-state index in [0.29, 0.717) is 12.8 Å². The second-order valence-corrected chi connectivity index (χ2v) is 5.48. The summed E-state index contributed by atoms with van der Waals surface area (Å²) >= 11 is 0. The van der Waals surface area contributed by atoms with Crippen LogP contribution in [0.1, 0.15) is 45.4 Å². The number of aliphatic carboxylic acids is 1. The van der Waals surface area contributed by atoms with E-state index in [1.165, 1.54) is 0 Å². The maximum absolute atomic E-state index is 12.3. The average Bonchev–Trinajstić information content (AvgIpc) is 2.97. The molecule has 0 aromatic carbocycles. The van der Waals surface area contributed by atoms with E-state index in [9.17, 15) is 9.59 Å². The summed E-state index contributed by atoms with van der Waals surface area (Å²) in [6.45, 7) is 2.91. The van der Waals surface area contributed by atoms with Gasteiger partial charge in [0.1, 0.15) is 0 Å². The molecule has 18 heavy (non-hydrogen) atoms. The highest BCUT2D eigenvalue weighted by molar-refractivity contribution is 5.87. The van der Waals surface area contributed by atoms with Gasteiger partial charge >= 0.3 is 5.97 Å². The molecule has 102 valence electrons. The van der Waals surface area contributed by atoms with Crippen molar-refractivity contribution in [3.05, 3.63) is 0 Å². The molecule has 2 rings (SSSR count). The summed E-state index contributed by atoms with van der Waals surface area (Å²) in [6.07, 6.45) is 4.72. The van der Waals surface area contributed by atoms with E-state index >= 15 is 0 Å². The smallest absolute Gasteiger partial charge is 0.306 e. The lowest BCUT2D eigenvalue weighted by molar-refractivity contribution is -0.141. The molecule has 3 atom stereocenters. The van der Waals surface area contributed by atoms with Crippen LogP contribution in [0.25, 0.3) is 0 Å². The highest BCUT2D eigenvalue weighted by Crippen LogP contribution is 2.28. The second kappa shape index (κ2) is 5.26. The predicted octanol–water partition coefficient (Wildman–Crippen LogP) is 0.888. The van der Waals surface area contributed by atoms with Crippen LogP contribution >= 0.6 is 0 Å². The molecule has 1 aliphatic carbocycles. The van der Waals surface area contributed by atoms with Gasteiger partial charge in [0.2, 0.25) is 5.91 Å². The number of nitrogens with one attached hydrogen (secondary N) is 2. The fourth-order valence-electron chi connectivity index (χ4n) is 3.12. The van der Waals surface area contributed by atoms with E-state index in [1.54, 1.807) is 0 Å².